The van der Waals surface area contributed by atoms with Gasteiger partial charge in [-0.2, -0.15) is 0 Å². The maximum absolute atomic E-state index is 13.2. The molecule has 0 radical (unpaired) electrons. The molecule has 0 fully saturated rings. The van der Waals surface area contributed by atoms with E-state index in [2.05, 4.69) is 0 Å². The van der Waals surface area contributed by atoms with Crippen LogP contribution in [0.15, 0.2) is 48.5 Å². The van der Waals surface area contributed by atoms with E-state index in [1.165, 1.54) is 0 Å². The highest BCUT2D eigenvalue weighted by molar-refractivity contribution is 6.14. The second kappa shape index (κ2) is 7.23. The standard InChI is InChI=1S/C20H22O3/c1-4-12-20(14-21,19(22)16-8-6-5-7-9-16)17-11-10-15(2)13-18(17)23-3/h5-11,13-14H,4,12H2,1-3H3. The second-order valence-electron chi connectivity index (χ2n) is 5.74. The molecule has 1 unspecified atom stereocenters. The Labute approximate surface area is 137 Å². The van der Waals surface area contributed by atoms with Gasteiger partial charge in [-0.05, 0) is 25.0 Å². The lowest BCUT2D eigenvalue weighted by atomic mass is 9.72. The molecule has 0 saturated heterocycles. The van der Waals surface area contributed by atoms with Crippen molar-refractivity contribution in [3.8, 4) is 5.75 Å². The molecule has 0 N–H and O–H groups in total. The van der Waals surface area contributed by atoms with E-state index in [1.54, 1.807) is 31.4 Å². The lowest BCUT2D eigenvalue weighted by Gasteiger charge is -2.28. The van der Waals surface area contributed by atoms with E-state index < -0.39 is 5.41 Å². The van der Waals surface area contributed by atoms with E-state index in [9.17, 15) is 9.59 Å². The van der Waals surface area contributed by atoms with Crippen molar-refractivity contribution in [2.45, 2.75) is 32.1 Å². The first kappa shape index (κ1) is 16.9. The van der Waals surface area contributed by atoms with Crippen molar-refractivity contribution in [2.24, 2.45) is 0 Å². The van der Waals surface area contributed by atoms with Gasteiger partial charge in [-0.25, -0.2) is 0 Å². The molecule has 0 amide bonds. The number of hydrogen-bond acceptors (Lipinski definition) is 3. The van der Waals surface area contributed by atoms with Gasteiger partial charge >= 0.3 is 0 Å². The van der Waals surface area contributed by atoms with Gasteiger partial charge in [0.25, 0.3) is 0 Å². The van der Waals surface area contributed by atoms with E-state index in [0.717, 1.165) is 11.8 Å². The fraction of sp³-hybridized carbons (Fsp3) is 0.300. The molecule has 3 heteroatoms. The van der Waals surface area contributed by atoms with Gasteiger partial charge in [-0.15, -0.1) is 0 Å². The Kier molecular flexibility index (Phi) is 5.32. The van der Waals surface area contributed by atoms with Crippen LogP contribution >= 0.6 is 0 Å². The van der Waals surface area contributed by atoms with Gasteiger partial charge in [0.15, 0.2) is 5.78 Å². The number of methoxy groups -OCH3 is 1. The Morgan fingerprint density at radius 1 is 1.17 bits per heavy atom. The van der Waals surface area contributed by atoms with Gasteiger partial charge in [0, 0.05) is 11.1 Å². The highest BCUT2D eigenvalue weighted by Gasteiger charge is 2.41. The van der Waals surface area contributed by atoms with Crippen LogP contribution in [0.5, 0.6) is 5.75 Å². The molecule has 2 aromatic carbocycles. The van der Waals surface area contributed by atoms with E-state index in [4.69, 9.17) is 4.74 Å². The third kappa shape index (κ3) is 3.19. The van der Waals surface area contributed by atoms with Crippen LogP contribution in [0.3, 0.4) is 0 Å². The molecule has 0 heterocycles. The normalized spacial score (nSPS) is 13.2. The number of benzene rings is 2. The van der Waals surface area contributed by atoms with Crippen molar-refractivity contribution in [1.82, 2.24) is 0 Å². The molecule has 0 spiro atoms. The highest BCUT2D eigenvalue weighted by atomic mass is 16.5. The van der Waals surface area contributed by atoms with Crippen molar-refractivity contribution < 1.29 is 14.3 Å². The largest absolute Gasteiger partial charge is 0.496 e. The van der Waals surface area contributed by atoms with Crippen LogP contribution in [0, 0.1) is 6.92 Å². The third-order valence-corrected chi connectivity index (χ3v) is 4.12. The van der Waals surface area contributed by atoms with Crippen molar-refractivity contribution in [2.75, 3.05) is 7.11 Å². The highest BCUT2D eigenvalue weighted by Crippen LogP contribution is 2.37. The van der Waals surface area contributed by atoms with Crippen LogP contribution in [0.1, 0.15) is 41.3 Å². The number of ketones is 1. The lowest BCUT2D eigenvalue weighted by molar-refractivity contribution is -0.111. The zero-order valence-corrected chi connectivity index (χ0v) is 13.8. The molecule has 0 aliphatic rings. The van der Waals surface area contributed by atoms with Gasteiger partial charge in [-0.1, -0.05) is 55.8 Å². The summed E-state index contributed by atoms with van der Waals surface area (Å²) in [6.45, 7) is 3.92. The molecule has 0 aliphatic heterocycles. The lowest BCUT2D eigenvalue weighted by Crippen LogP contribution is -2.38. The first-order valence-electron chi connectivity index (χ1n) is 7.80. The number of carbonyl (C=O) groups excluding carboxylic acids is 2. The Balaban J connectivity index is 2.65. The number of hydrogen-bond donors (Lipinski definition) is 0. The van der Waals surface area contributed by atoms with Crippen LogP contribution in [0.2, 0.25) is 0 Å². The number of carbonyl (C=O) groups is 2. The molecular formula is C20H22O3. The number of Topliss-reactive ketones (excluding diaryl/α,β-unsaturated/α-hetero) is 1. The fourth-order valence-corrected chi connectivity index (χ4v) is 2.95. The Hall–Kier alpha value is -2.42. The van der Waals surface area contributed by atoms with Gasteiger partial charge in [-0.3, -0.25) is 4.79 Å². The molecule has 2 rings (SSSR count). The van der Waals surface area contributed by atoms with E-state index >= 15 is 0 Å². The molecule has 0 aliphatic carbocycles. The number of aryl methyl sites for hydroxylation is 1. The molecule has 0 saturated carbocycles. The Morgan fingerprint density at radius 2 is 1.87 bits per heavy atom. The summed E-state index contributed by atoms with van der Waals surface area (Å²) >= 11 is 0. The SMILES string of the molecule is CCCC(C=O)(C(=O)c1ccccc1)c1ccc(C)cc1OC. The predicted octanol–water partition coefficient (Wildman–Crippen LogP) is 4.12. The van der Waals surface area contributed by atoms with Gasteiger partial charge < -0.3 is 9.53 Å². The zero-order valence-electron chi connectivity index (χ0n) is 13.8. The average Bonchev–Trinajstić information content (AvgIpc) is 2.60. The molecule has 1 atom stereocenters. The van der Waals surface area contributed by atoms with Crippen LogP contribution < -0.4 is 4.74 Å². The summed E-state index contributed by atoms with van der Waals surface area (Å²) < 4.78 is 5.46. The van der Waals surface area contributed by atoms with E-state index in [0.29, 0.717) is 29.7 Å². The average molecular weight is 310 g/mol. The summed E-state index contributed by atoms with van der Waals surface area (Å²) in [5.74, 6) is 0.395. The summed E-state index contributed by atoms with van der Waals surface area (Å²) in [5.41, 5.74) is 0.982. The van der Waals surface area contributed by atoms with Gasteiger partial charge in [0.2, 0.25) is 0 Å². The Morgan fingerprint density at radius 3 is 2.43 bits per heavy atom. The molecule has 23 heavy (non-hydrogen) atoms. The minimum atomic E-state index is -1.21. The summed E-state index contributed by atoms with van der Waals surface area (Å²) in [6, 6.07) is 14.6. The smallest absolute Gasteiger partial charge is 0.180 e. The fourth-order valence-electron chi connectivity index (χ4n) is 2.95. The van der Waals surface area contributed by atoms with Crippen LogP contribution in [0.25, 0.3) is 0 Å². The summed E-state index contributed by atoms with van der Waals surface area (Å²) in [4.78, 5) is 25.3. The van der Waals surface area contributed by atoms with Crippen LogP contribution in [-0.2, 0) is 10.2 Å². The monoisotopic (exact) mass is 310 g/mol. The van der Waals surface area contributed by atoms with Gasteiger partial charge in [0.1, 0.15) is 17.5 Å². The van der Waals surface area contributed by atoms with Crippen molar-refractivity contribution >= 4 is 12.1 Å². The molecule has 0 aromatic heterocycles. The summed E-state index contributed by atoms with van der Waals surface area (Å²) in [7, 11) is 1.56. The molecule has 0 bridgehead atoms. The maximum Gasteiger partial charge on any atom is 0.180 e. The molecule has 120 valence electrons. The number of rotatable bonds is 7. The van der Waals surface area contributed by atoms with Gasteiger partial charge in [0.05, 0.1) is 7.11 Å². The van der Waals surface area contributed by atoms with E-state index in [1.807, 2.05) is 38.1 Å². The first-order chi connectivity index (χ1) is 11.1. The molecule has 3 nitrogen and oxygen atoms in total. The summed E-state index contributed by atoms with van der Waals surface area (Å²) in [6.07, 6.45) is 1.94. The maximum atomic E-state index is 13.2. The predicted molar refractivity (Wildman–Crippen MR) is 91.2 cm³/mol. The number of aldehydes is 1. The van der Waals surface area contributed by atoms with Crippen molar-refractivity contribution in [3.63, 3.8) is 0 Å². The second-order valence-corrected chi connectivity index (χ2v) is 5.74. The minimum absolute atomic E-state index is 0.183. The van der Waals surface area contributed by atoms with E-state index in [-0.39, 0.29) is 5.78 Å². The number of ether oxygens (including phenoxy) is 1. The van der Waals surface area contributed by atoms with Crippen molar-refractivity contribution in [1.29, 1.82) is 0 Å². The quantitative estimate of drug-likeness (QED) is 0.439. The first-order valence-corrected chi connectivity index (χ1v) is 7.80. The zero-order chi connectivity index (χ0) is 16.9. The van der Waals surface area contributed by atoms with Crippen molar-refractivity contribution in [3.05, 3.63) is 65.2 Å². The third-order valence-electron chi connectivity index (χ3n) is 4.12. The molecular weight excluding hydrogens is 288 g/mol. The van der Waals surface area contributed by atoms with Crippen LogP contribution in [-0.4, -0.2) is 19.2 Å². The molecule has 2 aromatic rings. The topological polar surface area (TPSA) is 43.4 Å². The Bertz CT molecular complexity index is 691. The summed E-state index contributed by atoms with van der Waals surface area (Å²) in [5, 5.41) is 0. The minimum Gasteiger partial charge on any atom is -0.496 e. The van der Waals surface area contributed by atoms with Crippen LogP contribution in [0.4, 0.5) is 0 Å².